The van der Waals surface area contributed by atoms with Crippen LogP contribution >= 0.6 is 0 Å². The Morgan fingerprint density at radius 3 is 2.31 bits per heavy atom. The van der Waals surface area contributed by atoms with Gasteiger partial charge in [-0.25, -0.2) is 0 Å². The minimum atomic E-state index is -0.0502. The Hall–Kier alpha value is -3.06. The summed E-state index contributed by atoms with van der Waals surface area (Å²) in [4.78, 5) is 27.5. The van der Waals surface area contributed by atoms with E-state index >= 15 is 0 Å². The van der Waals surface area contributed by atoms with Crippen molar-refractivity contribution in [3.8, 4) is 11.5 Å². The predicted molar refractivity (Wildman–Crippen MR) is 112 cm³/mol. The lowest BCUT2D eigenvalue weighted by Gasteiger charge is -2.33. The number of hydrogen-bond acceptors (Lipinski definition) is 5. The molecule has 3 rings (SSSR count). The Balaban J connectivity index is 1.53. The zero-order chi connectivity index (χ0) is 20.8. The molecule has 1 aliphatic rings. The van der Waals surface area contributed by atoms with Gasteiger partial charge in [-0.1, -0.05) is 0 Å². The SMILES string of the molecule is COc1ccc(OC)c(NC(=O)C[NH+]2CCN(c3ccc(C(C)=O)cc3)CC2)c1. The van der Waals surface area contributed by atoms with Gasteiger partial charge in [-0.3, -0.25) is 9.59 Å². The van der Waals surface area contributed by atoms with Crippen molar-refractivity contribution in [2.24, 2.45) is 0 Å². The fraction of sp³-hybridized carbons (Fsp3) is 0.364. The third-order valence-corrected chi connectivity index (χ3v) is 5.20. The smallest absolute Gasteiger partial charge is 0.279 e. The number of rotatable bonds is 7. The van der Waals surface area contributed by atoms with Gasteiger partial charge in [0.2, 0.25) is 0 Å². The van der Waals surface area contributed by atoms with E-state index in [1.807, 2.05) is 24.3 Å². The summed E-state index contributed by atoms with van der Waals surface area (Å²) < 4.78 is 10.5. The normalized spacial score (nSPS) is 14.4. The van der Waals surface area contributed by atoms with Gasteiger partial charge in [-0.2, -0.15) is 0 Å². The number of benzene rings is 2. The van der Waals surface area contributed by atoms with E-state index in [1.165, 1.54) is 4.90 Å². The summed E-state index contributed by atoms with van der Waals surface area (Å²) in [7, 11) is 3.16. The molecule has 0 spiro atoms. The van der Waals surface area contributed by atoms with E-state index in [9.17, 15) is 9.59 Å². The van der Waals surface area contributed by atoms with Gasteiger partial charge in [0.25, 0.3) is 5.91 Å². The van der Waals surface area contributed by atoms with E-state index < -0.39 is 0 Å². The molecule has 29 heavy (non-hydrogen) atoms. The molecule has 1 fully saturated rings. The van der Waals surface area contributed by atoms with Crippen molar-refractivity contribution in [2.45, 2.75) is 6.92 Å². The van der Waals surface area contributed by atoms with Crippen LogP contribution < -0.4 is 24.6 Å². The number of carbonyl (C=O) groups is 2. The molecule has 0 saturated carbocycles. The molecule has 0 aliphatic carbocycles. The lowest BCUT2D eigenvalue weighted by molar-refractivity contribution is -0.892. The second kappa shape index (κ2) is 9.43. The van der Waals surface area contributed by atoms with Crippen LogP contribution in [0.15, 0.2) is 42.5 Å². The van der Waals surface area contributed by atoms with Gasteiger partial charge in [-0.15, -0.1) is 0 Å². The molecule has 1 aliphatic heterocycles. The number of hydrogen-bond donors (Lipinski definition) is 2. The maximum absolute atomic E-state index is 12.5. The van der Waals surface area contributed by atoms with Crippen LogP contribution in [0.25, 0.3) is 0 Å². The first-order chi connectivity index (χ1) is 14.0. The molecule has 2 N–H and O–H groups in total. The highest BCUT2D eigenvalue weighted by Crippen LogP contribution is 2.28. The molecule has 0 bridgehead atoms. The van der Waals surface area contributed by atoms with Crippen LogP contribution in [0.5, 0.6) is 11.5 Å². The number of ether oxygens (including phenoxy) is 2. The van der Waals surface area contributed by atoms with Crippen LogP contribution in [0.4, 0.5) is 11.4 Å². The highest BCUT2D eigenvalue weighted by Gasteiger charge is 2.23. The third-order valence-electron chi connectivity index (χ3n) is 5.20. The average Bonchev–Trinajstić information content (AvgIpc) is 2.74. The number of nitrogens with zero attached hydrogens (tertiary/aromatic N) is 1. The molecule has 1 amide bonds. The van der Waals surface area contributed by atoms with Gasteiger partial charge in [0, 0.05) is 17.3 Å². The van der Waals surface area contributed by atoms with Crippen LogP contribution in [-0.2, 0) is 4.79 Å². The molecule has 7 heteroatoms. The number of nitrogens with one attached hydrogen (secondary N) is 2. The topological polar surface area (TPSA) is 72.3 Å². The van der Waals surface area contributed by atoms with Crippen LogP contribution in [0, 0.1) is 0 Å². The van der Waals surface area contributed by atoms with Crippen molar-refractivity contribution in [1.29, 1.82) is 0 Å². The largest absolute Gasteiger partial charge is 0.497 e. The highest BCUT2D eigenvalue weighted by molar-refractivity contribution is 5.94. The molecule has 0 aromatic heterocycles. The lowest BCUT2D eigenvalue weighted by atomic mass is 10.1. The third kappa shape index (κ3) is 5.26. The molecule has 1 saturated heterocycles. The van der Waals surface area contributed by atoms with Crippen molar-refractivity contribution < 1.29 is 24.0 Å². The number of amides is 1. The molecule has 1 heterocycles. The molecule has 7 nitrogen and oxygen atoms in total. The summed E-state index contributed by atoms with van der Waals surface area (Å²) in [6.45, 7) is 5.45. The van der Waals surface area contributed by atoms with Gasteiger partial charge >= 0.3 is 0 Å². The van der Waals surface area contributed by atoms with Crippen molar-refractivity contribution in [1.82, 2.24) is 0 Å². The number of carbonyl (C=O) groups excluding carboxylic acids is 2. The average molecular weight is 398 g/mol. The summed E-state index contributed by atoms with van der Waals surface area (Å²) in [5.74, 6) is 1.29. The van der Waals surface area contributed by atoms with E-state index in [0.29, 0.717) is 23.7 Å². The van der Waals surface area contributed by atoms with Crippen molar-refractivity contribution in [3.05, 3.63) is 48.0 Å². The monoisotopic (exact) mass is 398 g/mol. The van der Waals surface area contributed by atoms with Crippen LogP contribution in [0.3, 0.4) is 0 Å². The number of methoxy groups -OCH3 is 2. The minimum Gasteiger partial charge on any atom is -0.497 e. The highest BCUT2D eigenvalue weighted by atomic mass is 16.5. The second-order valence-corrected chi connectivity index (χ2v) is 7.13. The zero-order valence-electron chi connectivity index (χ0n) is 17.2. The Morgan fingerprint density at radius 1 is 1.03 bits per heavy atom. The summed E-state index contributed by atoms with van der Waals surface area (Å²) in [6, 6.07) is 13.0. The maximum atomic E-state index is 12.5. The van der Waals surface area contributed by atoms with E-state index in [0.717, 1.165) is 37.4 Å². The molecule has 0 radical (unpaired) electrons. The van der Waals surface area contributed by atoms with Crippen LogP contribution in [0.1, 0.15) is 17.3 Å². The van der Waals surface area contributed by atoms with E-state index in [-0.39, 0.29) is 11.7 Å². The molecule has 154 valence electrons. The van der Waals surface area contributed by atoms with Crippen molar-refractivity contribution in [3.63, 3.8) is 0 Å². The standard InChI is InChI=1S/C22H27N3O4/c1-16(26)17-4-6-18(7-5-17)25-12-10-24(11-13-25)15-22(27)23-20-14-19(28-2)8-9-21(20)29-3/h4-9,14H,10-13,15H2,1-3H3,(H,23,27)/p+1. The summed E-state index contributed by atoms with van der Waals surface area (Å²) in [6.07, 6.45) is 0. The molecule has 0 atom stereocenters. The maximum Gasteiger partial charge on any atom is 0.279 e. The van der Waals surface area contributed by atoms with Gasteiger partial charge in [0.05, 0.1) is 46.1 Å². The quantitative estimate of drug-likeness (QED) is 0.687. The number of Topliss-reactive ketones (excluding diaryl/α,β-unsaturated/α-hetero) is 1. The van der Waals surface area contributed by atoms with Gasteiger partial charge < -0.3 is 24.6 Å². The van der Waals surface area contributed by atoms with E-state index in [1.54, 1.807) is 39.3 Å². The van der Waals surface area contributed by atoms with Gasteiger partial charge in [-0.05, 0) is 43.3 Å². The molecule has 2 aromatic carbocycles. The molecule has 2 aromatic rings. The first-order valence-electron chi connectivity index (χ1n) is 9.71. The van der Waals surface area contributed by atoms with Crippen LogP contribution in [-0.4, -0.2) is 58.6 Å². The molecular formula is C22H28N3O4+. The Labute approximate surface area is 171 Å². The zero-order valence-corrected chi connectivity index (χ0v) is 17.2. The van der Waals surface area contributed by atoms with Crippen molar-refractivity contribution >= 4 is 23.1 Å². The van der Waals surface area contributed by atoms with E-state index in [4.69, 9.17) is 9.47 Å². The number of ketones is 1. The first-order valence-corrected chi connectivity index (χ1v) is 9.71. The number of piperazine rings is 1. The fourth-order valence-electron chi connectivity index (χ4n) is 3.50. The van der Waals surface area contributed by atoms with Crippen molar-refractivity contribution in [2.75, 3.05) is 57.2 Å². The predicted octanol–water partition coefficient (Wildman–Crippen LogP) is 1.25. The molecular weight excluding hydrogens is 370 g/mol. The summed E-state index contributed by atoms with van der Waals surface area (Å²) in [5.41, 5.74) is 2.45. The summed E-state index contributed by atoms with van der Waals surface area (Å²) in [5, 5.41) is 2.93. The van der Waals surface area contributed by atoms with Gasteiger partial charge in [0.15, 0.2) is 12.3 Å². The fourth-order valence-corrected chi connectivity index (χ4v) is 3.50. The van der Waals surface area contributed by atoms with E-state index in [2.05, 4.69) is 10.2 Å². The Bertz CT molecular complexity index is 859. The molecule has 0 unspecified atom stereocenters. The number of anilines is 2. The first kappa shape index (κ1) is 20.7. The Morgan fingerprint density at radius 2 is 1.72 bits per heavy atom. The Kier molecular flexibility index (Phi) is 6.72. The number of quaternary nitrogens is 1. The van der Waals surface area contributed by atoms with Gasteiger partial charge in [0.1, 0.15) is 11.5 Å². The minimum absolute atomic E-state index is 0.0502. The second-order valence-electron chi connectivity index (χ2n) is 7.13. The summed E-state index contributed by atoms with van der Waals surface area (Å²) >= 11 is 0. The lowest BCUT2D eigenvalue weighted by Crippen LogP contribution is -3.15. The van der Waals surface area contributed by atoms with Crippen LogP contribution in [0.2, 0.25) is 0 Å².